The summed E-state index contributed by atoms with van der Waals surface area (Å²) in [5, 5.41) is 34.5. The van der Waals surface area contributed by atoms with Gasteiger partial charge in [-0.2, -0.15) is 0 Å². The lowest BCUT2D eigenvalue weighted by Gasteiger charge is -2.45. The highest BCUT2D eigenvalue weighted by atomic mass is 16.3. The minimum absolute atomic E-state index is 0.124. The first-order valence-electron chi connectivity index (χ1n) is 13.4. The third-order valence-electron chi connectivity index (χ3n) is 8.06. The van der Waals surface area contributed by atoms with Crippen molar-refractivity contribution in [1.29, 1.82) is 0 Å². The smallest absolute Gasteiger partial charge is 0.0709 e. The third-order valence-corrected chi connectivity index (χ3v) is 8.06. The van der Waals surface area contributed by atoms with E-state index in [2.05, 4.69) is 50.2 Å². The Morgan fingerprint density at radius 1 is 0.750 bits per heavy atom. The first-order chi connectivity index (χ1) is 17.3. The van der Waals surface area contributed by atoms with Crippen LogP contribution in [0.25, 0.3) is 0 Å². The Hall–Kier alpha value is -2.46. The molecule has 0 spiro atoms. The van der Waals surface area contributed by atoms with Crippen molar-refractivity contribution < 1.29 is 15.3 Å². The molecule has 3 heteroatoms. The van der Waals surface area contributed by atoms with Crippen molar-refractivity contribution in [2.24, 2.45) is 11.8 Å². The van der Waals surface area contributed by atoms with Crippen molar-refractivity contribution in [1.82, 2.24) is 0 Å². The monoisotopic (exact) mass is 488 g/mol. The van der Waals surface area contributed by atoms with Crippen molar-refractivity contribution >= 4 is 0 Å². The third kappa shape index (κ3) is 6.64. The van der Waals surface area contributed by atoms with E-state index in [1.54, 1.807) is 0 Å². The summed E-state index contributed by atoms with van der Waals surface area (Å²) in [4.78, 5) is 0. The first kappa shape index (κ1) is 28.1. The first-order valence-corrected chi connectivity index (χ1v) is 13.4. The second-order valence-electron chi connectivity index (χ2n) is 10.9. The molecule has 6 unspecified atom stereocenters. The van der Waals surface area contributed by atoms with Crippen molar-refractivity contribution in [3.8, 4) is 0 Å². The van der Waals surface area contributed by atoms with E-state index in [9.17, 15) is 15.3 Å². The van der Waals surface area contributed by atoms with Crippen LogP contribution < -0.4 is 0 Å². The molecule has 0 saturated carbocycles. The Morgan fingerprint density at radius 2 is 1.33 bits per heavy atom. The number of rotatable bonds is 13. The van der Waals surface area contributed by atoms with Gasteiger partial charge in [-0.05, 0) is 72.6 Å². The van der Waals surface area contributed by atoms with Gasteiger partial charge in [-0.15, -0.1) is 0 Å². The van der Waals surface area contributed by atoms with Gasteiger partial charge in [-0.1, -0.05) is 106 Å². The van der Waals surface area contributed by atoms with E-state index in [4.69, 9.17) is 0 Å². The van der Waals surface area contributed by atoms with Crippen molar-refractivity contribution in [2.45, 2.75) is 76.9 Å². The largest absolute Gasteiger partial charge is 0.395 e. The Labute approximate surface area is 217 Å². The average molecular weight is 489 g/mol. The van der Waals surface area contributed by atoms with Gasteiger partial charge in [-0.3, -0.25) is 0 Å². The van der Waals surface area contributed by atoms with E-state index in [0.717, 1.165) is 30.4 Å². The van der Waals surface area contributed by atoms with Crippen LogP contribution in [0.5, 0.6) is 0 Å². The highest BCUT2D eigenvalue weighted by Crippen LogP contribution is 2.41. The van der Waals surface area contributed by atoms with Gasteiger partial charge in [0.2, 0.25) is 0 Å². The lowest BCUT2D eigenvalue weighted by molar-refractivity contribution is -0.0762. The molecule has 6 atom stereocenters. The van der Waals surface area contributed by atoms with Crippen molar-refractivity contribution in [3.05, 3.63) is 107 Å². The summed E-state index contributed by atoms with van der Waals surface area (Å²) in [6.45, 7) is 8.05. The van der Waals surface area contributed by atoms with Crippen LogP contribution in [0.1, 0.15) is 68.2 Å². The summed E-state index contributed by atoms with van der Waals surface area (Å²) in [5.74, 6) is 0.369. The Morgan fingerprint density at radius 3 is 1.94 bits per heavy atom. The molecule has 0 amide bonds. The highest BCUT2D eigenvalue weighted by Gasteiger charge is 2.48. The summed E-state index contributed by atoms with van der Waals surface area (Å²) in [6.07, 6.45) is 1.38. The van der Waals surface area contributed by atoms with Gasteiger partial charge >= 0.3 is 0 Å². The minimum atomic E-state index is -1.15. The molecular weight excluding hydrogens is 444 g/mol. The zero-order valence-corrected chi connectivity index (χ0v) is 22.3. The van der Waals surface area contributed by atoms with E-state index in [1.165, 1.54) is 11.1 Å². The summed E-state index contributed by atoms with van der Waals surface area (Å²) in [5.41, 5.74) is 3.18. The number of hydrogen-bond acceptors (Lipinski definition) is 3. The second-order valence-corrected chi connectivity index (χ2v) is 10.9. The lowest BCUT2D eigenvalue weighted by Crippen LogP contribution is -2.55. The molecule has 3 nitrogen and oxygen atoms in total. The molecule has 3 aromatic rings. The Balaban J connectivity index is 1.84. The molecule has 0 aliphatic heterocycles. The quantitative estimate of drug-likeness (QED) is 0.260. The molecule has 0 aromatic heterocycles. The number of aliphatic hydroxyl groups is 3. The molecular formula is C33H44O3. The minimum Gasteiger partial charge on any atom is -0.395 e. The summed E-state index contributed by atoms with van der Waals surface area (Å²) < 4.78 is 0. The van der Waals surface area contributed by atoms with E-state index in [1.807, 2.05) is 62.4 Å². The number of hydrogen-bond donors (Lipinski definition) is 3. The maximum atomic E-state index is 11.9. The Kier molecular flexibility index (Phi) is 10.3. The summed E-state index contributed by atoms with van der Waals surface area (Å²) in [6, 6.07) is 28.6. The zero-order chi connectivity index (χ0) is 26.1. The number of aryl methyl sites for hydroxylation is 2. The SMILES string of the molecule is Cc1ccccc1C(CO)(C(O)CC(C)CCc1ccccc1)C(O)C(C)CC(C)c1ccccc1. The van der Waals surface area contributed by atoms with Crippen molar-refractivity contribution in [3.63, 3.8) is 0 Å². The fraction of sp³-hybridized carbons (Fsp3) is 0.455. The maximum Gasteiger partial charge on any atom is 0.0709 e. The van der Waals surface area contributed by atoms with Gasteiger partial charge in [-0.25, -0.2) is 0 Å². The van der Waals surface area contributed by atoms with Crippen LogP contribution in [0.2, 0.25) is 0 Å². The van der Waals surface area contributed by atoms with Crippen LogP contribution >= 0.6 is 0 Å². The van der Waals surface area contributed by atoms with Crippen LogP contribution in [-0.2, 0) is 11.8 Å². The fourth-order valence-electron chi connectivity index (χ4n) is 5.79. The lowest BCUT2D eigenvalue weighted by atomic mass is 9.64. The molecule has 3 aromatic carbocycles. The summed E-state index contributed by atoms with van der Waals surface area (Å²) in [7, 11) is 0. The average Bonchev–Trinajstić information content (AvgIpc) is 2.90. The zero-order valence-electron chi connectivity index (χ0n) is 22.3. The molecule has 0 aliphatic rings. The van der Waals surface area contributed by atoms with Gasteiger partial charge in [0.15, 0.2) is 0 Å². The molecule has 0 fully saturated rings. The molecule has 0 aliphatic carbocycles. The van der Waals surface area contributed by atoms with Crippen molar-refractivity contribution in [2.75, 3.05) is 6.61 Å². The standard InChI is InChI=1S/C33H44O3/c1-24(19-20-28-14-7-5-8-15-28)21-31(35)33(23-34,30-18-12-11-13-25(30)2)32(36)27(4)22-26(3)29-16-9-6-10-17-29/h5-18,24,26-27,31-32,34-36H,19-23H2,1-4H3. The highest BCUT2D eigenvalue weighted by molar-refractivity contribution is 5.37. The maximum absolute atomic E-state index is 11.9. The number of benzene rings is 3. The molecule has 0 bridgehead atoms. The molecule has 194 valence electrons. The van der Waals surface area contributed by atoms with Crippen LogP contribution in [0.3, 0.4) is 0 Å². The fourth-order valence-corrected chi connectivity index (χ4v) is 5.79. The predicted molar refractivity (Wildman–Crippen MR) is 149 cm³/mol. The Bertz CT molecular complexity index is 1040. The van der Waals surface area contributed by atoms with Crippen LogP contribution in [0.15, 0.2) is 84.9 Å². The summed E-state index contributed by atoms with van der Waals surface area (Å²) >= 11 is 0. The van der Waals surface area contributed by atoms with Gasteiger partial charge in [0, 0.05) is 0 Å². The van der Waals surface area contributed by atoms with E-state index >= 15 is 0 Å². The topological polar surface area (TPSA) is 60.7 Å². The molecule has 0 saturated heterocycles. The molecule has 3 rings (SSSR count). The van der Waals surface area contributed by atoms with Gasteiger partial charge < -0.3 is 15.3 Å². The molecule has 0 heterocycles. The van der Waals surface area contributed by atoms with E-state index < -0.39 is 17.6 Å². The normalized spacial score (nSPS) is 17.5. The number of aliphatic hydroxyl groups excluding tert-OH is 3. The van der Waals surface area contributed by atoms with Crippen LogP contribution in [0.4, 0.5) is 0 Å². The molecule has 3 N–H and O–H groups in total. The molecule has 0 radical (unpaired) electrons. The van der Waals surface area contributed by atoms with Gasteiger partial charge in [0.05, 0.1) is 24.2 Å². The van der Waals surface area contributed by atoms with E-state index in [0.29, 0.717) is 6.42 Å². The van der Waals surface area contributed by atoms with Crippen LogP contribution in [0, 0.1) is 18.8 Å². The van der Waals surface area contributed by atoms with Gasteiger partial charge in [0.1, 0.15) is 0 Å². The van der Waals surface area contributed by atoms with Crippen LogP contribution in [-0.4, -0.2) is 34.1 Å². The second kappa shape index (κ2) is 13.2. The molecule has 36 heavy (non-hydrogen) atoms. The predicted octanol–water partition coefficient (Wildman–Crippen LogP) is 6.44. The van der Waals surface area contributed by atoms with E-state index in [-0.39, 0.29) is 24.4 Å². The van der Waals surface area contributed by atoms with Gasteiger partial charge in [0.25, 0.3) is 0 Å².